The summed E-state index contributed by atoms with van der Waals surface area (Å²) < 4.78 is 5.28. The van der Waals surface area contributed by atoms with Crippen molar-refractivity contribution in [3.63, 3.8) is 0 Å². The van der Waals surface area contributed by atoms with E-state index in [0.717, 1.165) is 26.2 Å². The summed E-state index contributed by atoms with van der Waals surface area (Å²) in [5, 5.41) is 3.41. The number of benzene rings is 1. The first-order chi connectivity index (χ1) is 7.22. The van der Waals surface area contributed by atoms with Crippen molar-refractivity contribution in [2.45, 2.75) is 27.2 Å². The van der Waals surface area contributed by atoms with Gasteiger partial charge in [-0.2, -0.15) is 0 Å². The van der Waals surface area contributed by atoms with Gasteiger partial charge in [0.2, 0.25) is 0 Å². The van der Waals surface area contributed by atoms with E-state index in [0.29, 0.717) is 0 Å². The summed E-state index contributed by atoms with van der Waals surface area (Å²) >= 11 is 0. The summed E-state index contributed by atoms with van der Waals surface area (Å²) in [4.78, 5) is 0. The topological polar surface area (TPSA) is 21.3 Å². The highest BCUT2D eigenvalue weighted by atomic mass is 16.5. The van der Waals surface area contributed by atoms with Gasteiger partial charge in [-0.3, -0.25) is 0 Å². The Bertz CT molecular complexity index is 276. The van der Waals surface area contributed by atoms with Crippen LogP contribution in [0.1, 0.15) is 24.5 Å². The minimum Gasteiger partial charge on any atom is -0.385 e. The van der Waals surface area contributed by atoms with Crippen molar-refractivity contribution >= 4 is 5.69 Å². The summed E-state index contributed by atoms with van der Waals surface area (Å²) in [6.45, 7) is 8.90. The van der Waals surface area contributed by atoms with Crippen molar-refractivity contribution in [3.8, 4) is 0 Å². The van der Waals surface area contributed by atoms with Crippen molar-refractivity contribution < 1.29 is 4.74 Å². The molecule has 0 aromatic heterocycles. The normalized spacial score (nSPS) is 10.3. The van der Waals surface area contributed by atoms with Gasteiger partial charge in [-0.15, -0.1) is 0 Å². The Kier molecular flexibility index (Phi) is 5.19. The van der Waals surface area contributed by atoms with Crippen molar-refractivity contribution in [3.05, 3.63) is 29.3 Å². The van der Waals surface area contributed by atoms with Crippen LogP contribution in [-0.4, -0.2) is 19.8 Å². The largest absolute Gasteiger partial charge is 0.385 e. The molecule has 0 aliphatic carbocycles. The molecule has 0 radical (unpaired) electrons. The van der Waals surface area contributed by atoms with E-state index in [4.69, 9.17) is 4.74 Å². The fraction of sp³-hybridized carbons (Fsp3) is 0.538. The minimum absolute atomic E-state index is 0.809. The van der Waals surface area contributed by atoms with E-state index in [1.807, 2.05) is 6.92 Å². The van der Waals surface area contributed by atoms with E-state index in [9.17, 15) is 0 Å². The number of rotatable bonds is 6. The van der Waals surface area contributed by atoms with Gasteiger partial charge in [0.05, 0.1) is 0 Å². The van der Waals surface area contributed by atoms with Gasteiger partial charge in [0.1, 0.15) is 0 Å². The van der Waals surface area contributed by atoms with Crippen molar-refractivity contribution in [1.29, 1.82) is 0 Å². The molecule has 1 N–H and O–H groups in total. The van der Waals surface area contributed by atoms with E-state index in [2.05, 4.69) is 37.4 Å². The average Bonchev–Trinajstić information content (AvgIpc) is 2.16. The molecule has 0 bridgehead atoms. The van der Waals surface area contributed by atoms with Gasteiger partial charge in [-0.1, -0.05) is 6.07 Å². The third-order valence-corrected chi connectivity index (χ3v) is 2.22. The Hall–Kier alpha value is -1.02. The van der Waals surface area contributed by atoms with Gasteiger partial charge in [0.25, 0.3) is 0 Å². The van der Waals surface area contributed by atoms with Gasteiger partial charge in [-0.25, -0.2) is 0 Å². The lowest BCUT2D eigenvalue weighted by Crippen LogP contribution is -2.05. The maximum Gasteiger partial charge on any atom is 0.0482 e. The predicted octanol–water partition coefficient (Wildman–Crippen LogP) is 3.14. The molecular formula is C13H21NO. The number of hydrogen-bond donors (Lipinski definition) is 1. The minimum atomic E-state index is 0.809. The fourth-order valence-electron chi connectivity index (χ4n) is 1.63. The quantitative estimate of drug-likeness (QED) is 0.724. The Balaban J connectivity index is 2.31. The second-order valence-corrected chi connectivity index (χ2v) is 3.85. The summed E-state index contributed by atoms with van der Waals surface area (Å²) in [5.74, 6) is 0. The molecule has 0 aliphatic rings. The molecule has 84 valence electrons. The highest BCUT2D eigenvalue weighted by Gasteiger charge is 1.94. The lowest BCUT2D eigenvalue weighted by Gasteiger charge is -2.08. The van der Waals surface area contributed by atoms with E-state index >= 15 is 0 Å². The molecule has 0 atom stereocenters. The Labute approximate surface area is 92.6 Å². The average molecular weight is 207 g/mol. The molecule has 0 unspecified atom stereocenters. The molecule has 0 heterocycles. The van der Waals surface area contributed by atoms with E-state index in [-0.39, 0.29) is 0 Å². The van der Waals surface area contributed by atoms with Crippen LogP contribution in [0.4, 0.5) is 5.69 Å². The number of anilines is 1. The van der Waals surface area contributed by atoms with Crippen molar-refractivity contribution in [1.82, 2.24) is 0 Å². The van der Waals surface area contributed by atoms with Gasteiger partial charge in [0.15, 0.2) is 0 Å². The Morgan fingerprint density at radius 1 is 1.13 bits per heavy atom. The molecule has 0 spiro atoms. The zero-order valence-corrected chi connectivity index (χ0v) is 9.97. The van der Waals surface area contributed by atoms with Crippen LogP contribution in [0.2, 0.25) is 0 Å². The van der Waals surface area contributed by atoms with Crippen LogP contribution >= 0.6 is 0 Å². The first-order valence-electron chi connectivity index (χ1n) is 5.62. The molecular weight excluding hydrogens is 186 g/mol. The first-order valence-corrected chi connectivity index (χ1v) is 5.62. The molecule has 1 aromatic rings. The van der Waals surface area contributed by atoms with Gasteiger partial charge in [-0.05, 0) is 50.5 Å². The van der Waals surface area contributed by atoms with E-state index in [1.54, 1.807) is 0 Å². The van der Waals surface area contributed by atoms with Crippen LogP contribution in [-0.2, 0) is 4.74 Å². The highest BCUT2D eigenvalue weighted by molar-refractivity contribution is 5.48. The molecule has 0 saturated heterocycles. The SMILES string of the molecule is CCOCCCNc1cc(C)cc(C)c1. The molecule has 1 rings (SSSR count). The van der Waals surface area contributed by atoms with E-state index in [1.165, 1.54) is 16.8 Å². The van der Waals surface area contributed by atoms with Crippen molar-refractivity contribution in [2.75, 3.05) is 25.1 Å². The number of hydrogen-bond acceptors (Lipinski definition) is 2. The smallest absolute Gasteiger partial charge is 0.0482 e. The van der Waals surface area contributed by atoms with Crippen LogP contribution in [0.3, 0.4) is 0 Å². The zero-order chi connectivity index (χ0) is 11.1. The van der Waals surface area contributed by atoms with Crippen LogP contribution < -0.4 is 5.32 Å². The van der Waals surface area contributed by atoms with Gasteiger partial charge < -0.3 is 10.1 Å². The van der Waals surface area contributed by atoms with Gasteiger partial charge in [0, 0.05) is 25.4 Å². The molecule has 2 heteroatoms. The van der Waals surface area contributed by atoms with Crippen LogP contribution in [0.5, 0.6) is 0 Å². The lowest BCUT2D eigenvalue weighted by molar-refractivity contribution is 0.147. The molecule has 2 nitrogen and oxygen atoms in total. The third kappa shape index (κ3) is 4.84. The van der Waals surface area contributed by atoms with Crippen LogP contribution in [0.25, 0.3) is 0 Å². The number of ether oxygens (including phenoxy) is 1. The summed E-state index contributed by atoms with van der Waals surface area (Å²) in [6.07, 6.45) is 1.06. The van der Waals surface area contributed by atoms with E-state index < -0.39 is 0 Å². The predicted molar refractivity (Wildman–Crippen MR) is 65.5 cm³/mol. The monoisotopic (exact) mass is 207 g/mol. The molecule has 0 amide bonds. The number of aryl methyl sites for hydroxylation is 2. The summed E-state index contributed by atoms with van der Waals surface area (Å²) in [7, 11) is 0. The summed E-state index contributed by atoms with van der Waals surface area (Å²) in [6, 6.07) is 6.53. The standard InChI is InChI=1S/C13H21NO/c1-4-15-7-5-6-14-13-9-11(2)8-12(3)10-13/h8-10,14H,4-7H2,1-3H3. The Morgan fingerprint density at radius 2 is 1.80 bits per heavy atom. The fourth-order valence-corrected chi connectivity index (χ4v) is 1.63. The highest BCUT2D eigenvalue weighted by Crippen LogP contribution is 2.13. The van der Waals surface area contributed by atoms with Crippen LogP contribution in [0.15, 0.2) is 18.2 Å². The lowest BCUT2D eigenvalue weighted by atomic mass is 10.1. The van der Waals surface area contributed by atoms with Gasteiger partial charge >= 0.3 is 0 Å². The molecule has 0 aliphatic heterocycles. The second kappa shape index (κ2) is 6.46. The van der Waals surface area contributed by atoms with Crippen molar-refractivity contribution in [2.24, 2.45) is 0 Å². The molecule has 1 aromatic carbocycles. The summed E-state index contributed by atoms with van der Waals surface area (Å²) in [5.41, 5.74) is 3.83. The molecule has 15 heavy (non-hydrogen) atoms. The number of nitrogens with one attached hydrogen (secondary N) is 1. The zero-order valence-electron chi connectivity index (χ0n) is 9.97. The Morgan fingerprint density at radius 3 is 2.40 bits per heavy atom. The maximum atomic E-state index is 5.28. The second-order valence-electron chi connectivity index (χ2n) is 3.85. The molecule has 0 fully saturated rings. The molecule has 0 saturated carbocycles. The maximum absolute atomic E-state index is 5.28. The van der Waals surface area contributed by atoms with Crippen LogP contribution in [0, 0.1) is 13.8 Å². The first kappa shape index (κ1) is 12.1. The third-order valence-electron chi connectivity index (χ3n) is 2.22.